The van der Waals surface area contributed by atoms with Crippen molar-refractivity contribution in [1.82, 2.24) is 0 Å². The van der Waals surface area contributed by atoms with E-state index in [1.54, 1.807) is 24.3 Å². The molecule has 0 atom stereocenters. The van der Waals surface area contributed by atoms with Crippen LogP contribution in [0.4, 0.5) is 5.69 Å². The fourth-order valence-corrected chi connectivity index (χ4v) is 4.13. The first kappa shape index (κ1) is 16.0. The van der Waals surface area contributed by atoms with Crippen LogP contribution in [0.1, 0.15) is 18.1 Å². The summed E-state index contributed by atoms with van der Waals surface area (Å²) < 4.78 is 28.0. The van der Waals surface area contributed by atoms with E-state index in [4.69, 9.17) is 5.73 Å². The Labute approximate surface area is 133 Å². The number of sulfonamides is 1. The summed E-state index contributed by atoms with van der Waals surface area (Å²) >= 11 is 3.29. The fraction of sp³-hybridized carbons (Fsp3) is 0.200. The summed E-state index contributed by atoms with van der Waals surface area (Å²) in [5, 5.41) is 0. The Balaban J connectivity index is 2.33. The Morgan fingerprint density at radius 1 is 1.14 bits per heavy atom. The van der Waals surface area contributed by atoms with E-state index in [1.165, 1.54) is 0 Å². The zero-order chi connectivity index (χ0) is 15.5. The molecule has 4 nitrogen and oxygen atoms in total. The normalized spacial score (nSPS) is 11.4. The monoisotopic (exact) mass is 368 g/mol. The largest absolute Gasteiger partial charge is 0.326 e. The van der Waals surface area contributed by atoms with Crippen LogP contribution in [-0.2, 0) is 23.0 Å². The zero-order valence-corrected chi connectivity index (χ0v) is 14.0. The molecule has 0 saturated heterocycles. The molecule has 6 heteroatoms. The molecule has 2 rings (SSSR count). The molecule has 0 aromatic heterocycles. The maximum Gasteiger partial charge on any atom is 0.263 e. The van der Waals surface area contributed by atoms with Crippen molar-refractivity contribution >= 4 is 31.6 Å². The predicted octanol–water partition coefficient (Wildman–Crippen LogP) is 3.27. The van der Waals surface area contributed by atoms with Gasteiger partial charge in [0.05, 0.1) is 0 Å². The minimum absolute atomic E-state index is 0.196. The highest BCUT2D eigenvalue weighted by Gasteiger charge is 2.18. The maximum absolute atomic E-state index is 12.4. The summed E-state index contributed by atoms with van der Waals surface area (Å²) in [5.74, 6) is 0. The predicted molar refractivity (Wildman–Crippen MR) is 88.7 cm³/mol. The molecule has 0 unspecified atom stereocenters. The Hall–Kier alpha value is -1.37. The second kappa shape index (κ2) is 6.60. The highest BCUT2D eigenvalue weighted by atomic mass is 79.9. The molecule has 21 heavy (non-hydrogen) atoms. The Kier molecular flexibility index (Phi) is 5.03. The van der Waals surface area contributed by atoms with Crippen molar-refractivity contribution in [2.24, 2.45) is 5.73 Å². The van der Waals surface area contributed by atoms with Gasteiger partial charge in [0.25, 0.3) is 10.0 Å². The van der Waals surface area contributed by atoms with Gasteiger partial charge >= 0.3 is 0 Å². The Morgan fingerprint density at radius 2 is 1.90 bits per heavy atom. The lowest BCUT2D eigenvalue weighted by atomic mass is 10.1. The van der Waals surface area contributed by atoms with Gasteiger partial charge in [-0.1, -0.05) is 25.1 Å². The lowest BCUT2D eigenvalue weighted by Gasteiger charge is -2.11. The lowest BCUT2D eigenvalue weighted by Crippen LogP contribution is -2.14. The highest BCUT2D eigenvalue weighted by molar-refractivity contribution is 9.10. The molecule has 0 aliphatic heterocycles. The van der Waals surface area contributed by atoms with E-state index < -0.39 is 10.0 Å². The molecule has 0 bridgehead atoms. The molecule has 0 amide bonds. The number of hydrogen-bond donors (Lipinski definition) is 2. The summed E-state index contributed by atoms with van der Waals surface area (Å²) in [4.78, 5) is 0.196. The lowest BCUT2D eigenvalue weighted by molar-refractivity contribution is 0.600. The van der Waals surface area contributed by atoms with Crippen molar-refractivity contribution in [3.8, 4) is 0 Å². The van der Waals surface area contributed by atoms with Crippen molar-refractivity contribution in [1.29, 1.82) is 0 Å². The highest BCUT2D eigenvalue weighted by Crippen LogP contribution is 2.25. The molecule has 0 saturated carbocycles. The molecule has 2 aromatic carbocycles. The van der Waals surface area contributed by atoms with Crippen LogP contribution in [-0.4, -0.2) is 8.42 Å². The summed E-state index contributed by atoms with van der Waals surface area (Å²) in [7, 11) is -3.63. The van der Waals surface area contributed by atoms with Crippen LogP contribution in [0, 0.1) is 0 Å². The van der Waals surface area contributed by atoms with Crippen molar-refractivity contribution in [3.05, 3.63) is 58.1 Å². The van der Waals surface area contributed by atoms with Gasteiger partial charge in [-0.15, -0.1) is 0 Å². The molecule has 112 valence electrons. The van der Waals surface area contributed by atoms with E-state index in [0.717, 1.165) is 17.5 Å². The van der Waals surface area contributed by atoms with E-state index >= 15 is 0 Å². The van der Waals surface area contributed by atoms with Gasteiger partial charge in [0.1, 0.15) is 4.90 Å². The first-order chi connectivity index (χ1) is 9.96. The van der Waals surface area contributed by atoms with E-state index in [1.807, 2.05) is 25.1 Å². The van der Waals surface area contributed by atoms with Crippen molar-refractivity contribution in [2.75, 3.05) is 4.72 Å². The van der Waals surface area contributed by atoms with E-state index in [0.29, 0.717) is 16.7 Å². The average Bonchev–Trinajstić information content (AvgIpc) is 2.46. The molecule has 0 radical (unpaired) electrons. The minimum Gasteiger partial charge on any atom is -0.326 e. The van der Waals surface area contributed by atoms with Crippen molar-refractivity contribution in [2.45, 2.75) is 24.8 Å². The summed E-state index contributed by atoms with van der Waals surface area (Å²) in [6.07, 6.45) is 0.852. The van der Waals surface area contributed by atoms with Crippen molar-refractivity contribution < 1.29 is 8.42 Å². The maximum atomic E-state index is 12.4. The van der Waals surface area contributed by atoms with Crippen LogP contribution >= 0.6 is 15.9 Å². The number of halogens is 1. The number of rotatable bonds is 5. The molecular weight excluding hydrogens is 352 g/mol. The minimum atomic E-state index is -3.63. The van der Waals surface area contributed by atoms with Crippen LogP contribution in [0.5, 0.6) is 0 Å². The summed E-state index contributed by atoms with van der Waals surface area (Å²) in [5.41, 5.74) is 8.05. The van der Waals surface area contributed by atoms with Gasteiger partial charge in [0.2, 0.25) is 0 Å². The quantitative estimate of drug-likeness (QED) is 0.850. The second-order valence-corrected chi connectivity index (χ2v) is 7.13. The molecule has 0 spiro atoms. The smallest absolute Gasteiger partial charge is 0.263 e. The number of aryl methyl sites for hydroxylation is 1. The topological polar surface area (TPSA) is 72.2 Å². The molecule has 3 N–H and O–H groups in total. The van der Waals surface area contributed by atoms with Gasteiger partial charge in [0, 0.05) is 16.7 Å². The van der Waals surface area contributed by atoms with Crippen LogP contribution < -0.4 is 10.5 Å². The second-order valence-electron chi connectivity index (χ2n) is 4.63. The Morgan fingerprint density at radius 3 is 2.52 bits per heavy atom. The van der Waals surface area contributed by atoms with Crippen LogP contribution in [0.2, 0.25) is 0 Å². The summed E-state index contributed by atoms with van der Waals surface area (Å²) in [6, 6.07) is 12.3. The number of nitrogens with two attached hydrogens (primary N) is 1. The first-order valence-corrected chi connectivity index (χ1v) is 8.84. The van der Waals surface area contributed by atoms with Gasteiger partial charge in [-0.05, 0) is 57.7 Å². The molecule has 0 aliphatic carbocycles. The van der Waals surface area contributed by atoms with Gasteiger partial charge in [-0.25, -0.2) is 8.42 Å². The standard InChI is InChI=1S/C15H17BrN2O2S/c1-2-11-4-3-5-13(8-11)18-21(19,20)15-7-6-12(10-17)9-14(15)16/h3-9,18H,2,10,17H2,1H3. The third kappa shape index (κ3) is 3.84. The van der Waals surface area contributed by atoms with E-state index in [-0.39, 0.29) is 4.90 Å². The zero-order valence-electron chi connectivity index (χ0n) is 11.6. The molecule has 0 heterocycles. The fourth-order valence-electron chi connectivity index (χ4n) is 1.95. The molecule has 2 aromatic rings. The first-order valence-electron chi connectivity index (χ1n) is 6.56. The van der Waals surface area contributed by atoms with Crippen LogP contribution in [0.15, 0.2) is 51.8 Å². The number of hydrogen-bond acceptors (Lipinski definition) is 3. The number of benzene rings is 2. The van der Waals surface area contributed by atoms with Gasteiger partial charge in [0.15, 0.2) is 0 Å². The van der Waals surface area contributed by atoms with Gasteiger partial charge < -0.3 is 5.73 Å². The SMILES string of the molecule is CCc1cccc(NS(=O)(=O)c2ccc(CN)cc2Br)c1. The molecule has 0 aliphatic rings. The number of nitrogens with one attached hydrogen (secondary N) is 1. The van der Waals surface area contributed by atoms with Gasteiger partial charge in [-0.2, -0.15) is 0 Å². The van der Waals surface area contributed by atoms with E-state index in [2.05, 4.69) is 20.7 Å². The summed E-state index contributed by atoms with van der Waals surface area (Å²) in [6.45, 7) is 2.39. The third-order valence-electron chi connectivity index (χ3n) is 3.11. The molecule has 0 fully saturated rings. The van der Waals surface area contributed by atoms with Crippen molar-refractivity contribution in [3.63, 3.8) is 0 Å². The molecular formula is C15H17BrN2O2S. The van der Waals surface area contributed by atoms with Crippen LogP contribution in [0.3, 0.4) is 0 Å². The van der Waals surface area contributed by atoms with Gasteiger partial charge in [-0.3, -0.25) is 4.72 Å². The third-order valence-corrected chi connectivity index (χ3v) is 5.47. The van der Waals surface area contributed by atoms with E-state index in [9.17, 15) is 8.42 Å². The Bertz CT molecular complexity index is 745. The number of anilines is 1. The average molecular weight is 369 g/mol. The van der Waals surface area contributed by atoms with Crippen LogP contribution in [0.25, 0.3) is 0 Å².